The molecule has 1 aromatic heterocycles. The van der Waals surface area contributed by atoms with E-state index in [1.165, 1.54) is 13.3 Å². The highest BCUT2D eigenvalue weighted by atomic mass is 16.6. The first-order chi connectivity index (χ1) is 9.74. The Morgan fingerprint density at radius 2 is 2.00 bits per heavy atom. The quantitative estimate of drug-likeness (QED) is 0.727. The smallest absolute Gasteiger partial charge is 0.252 e. The van der Waals surface area contributed by atoms with Crippen LogP contribution in [-0.4, -0.2) is 25.0 Å². The van der Waals surface area contributed by atoms with E-state index in [1.807, 2.05) is 30.3 Å². The second-order valence-electron chi connectivity index (χ2n) is 4.00. The van der Waals surface area contributed by atoms with Gasteiger partial charge in [-0.15, -0.1) is 0 Å². The standard InChI is InChI=1S/C14H16N4O2/c1-15-14(19)10-8-12(18-20-2)13(16-9-10)17-11-6-4-3-5-7-11/h3-9,18H,1-2H3,(H,15,19)(H,16,17). The molecule has 0 radical (unpaired) electrons. The number of rotatable bonds is 5. The molecule has 1 aromatic carbocycles. The second-order valence-corrected chi connectivity index (χ2v) is 4.00. The van der Waals surface area contributed by atoms with Gasteiger partial charge in [0.2, 0.25) is 0 Å². The predicted octanol–water partition coefficient (Wildman–Crippen LogP) is 2.16. The Morgan fingerprint density at radius 1 is 1.25 bits per heavy atom. The largest absolute Gasteiger partial charge is 0.355 e. The minimum Gasteiger partial charge on any atom is -0.355 e. The minimum atomic E-state index is -0.206. The third-order valence-electron chi connectivity index (χ3n) is 2.63. The molecule has 2 aromatic rings. The summed E-state index contributed by atoms with van der Waals surface area (Å²) in [4.78, 5) is 20.8. The summed E-state index contributed by atoms with van der Waals surface area (Å²) in [5, 5.41) is 5.71. The van der Waals surface area contributed by atoms with E-state index < -0.39 is 0 Å². The van der Waals surface area contributed by atoms with Crippen LogP contribution in [0, 0.1) is 0 Å². The number of amides is 1. The maximum absolute atomic E-state index is 11.6. The number of para-hydroxylation sites is 1. The molecular weight excluding hydrogens is 256 g/mol. The van der Waals surface area contributed by atoms with Gasteiger partial charge in [0.1, 0.15) is 5.69 Å². The van der Waals surface area contributed by atoms with Crippen LogP contribution in [0.25, 0.3) is 0 Å². The fourth-order valence-corrected chi connectivity index (χ4v) is 1.68. The van der Waals surface area contributed by atoms with Crippen molar-refractivity contribution in [1.29, 1.82) is 0 Å². The monoisotopic (exact) mass is 272 g/mol. The molecule has 104 valence electrons. The van der Waals surface area contributed by atoms with Crippen molar-refractivity contribution in [2.75, 3.05) is 25.0 Å². The van der Waals surface area contributed by atoms with Gasteiger partial charge in [0.05, 0.1) is 12.7 Å². The van der Waals surface area contributed by atoms with E-state index in [4.69, 9.17) is 4.84 Å². The summed E-state index contributed by atoms with van der Waals surface area (Å²) in [5.41, 5.74) is 4.64. The normalized spacial score (nSPS) is 9.90. The van der Waals surface area contributed by atoms with Crippen molar-refractivity contribution in [3.8, 4) is 0 Å². The molecule has 0 saturated carbocycles. The molecular formula is C14H16N4O2. The fraction of sp³-hybridized carbons (Fsp3) is 0.143. The molecule has 0 spiro atoms. The Morgan fingerprint density at radius 3 is 2.65 bits per heavy atom. The summed E-state index contributed by atoms with van der Waals surface area (Å²) < 4.78 is 0. The number of carbonyl (C=O) groups excluding carboxylic acids is 1. The number of aromatic nitrogens is 1. The Balaban J connectivity index is 2.30. The van der Waals surface area contributed by atoms with Crippen LogP contribution >= 0.6 is 0 Å². The van der Waals surface area contributed by atoms with E-state index in [9.17, 15) is 4.79 Å². The topological polar surface area (TPSA) is 75.3 Å². The van der Waals surface area contributed by atoms with Gasteiger partial charge in [0.25, 0.3) is 5.91 Å². The number of hydrogen-bond donors (Lipinski definition) is 3. The fourth-order valence-electron chi connectivity index (χ4n) is 1.68. The van der Waals surface area contributed by atoms with Crippen molar-refractivity contribution in [3.05, 3.63) is 48.2 Å². The molecule has 0 aliphatic rings. The molecule has 0 aliphatic heterocycles. The number of nitrogens with one attached hydrogen (secondary N) is 3. The Labute approximate surface area is 117 Å². The molecule has 0 aliphatic carbocycles. The maximum Gasteiger partial charge on any atom is 0.252 e. The molecule has 0 atom stereocenters. The van der Waals surface area contributed by atoms with Gasteiger partial charge in [-0.1, -0.05) is 18.2 Å². The van der Waals surface area contributed by atoms with Gasteiger partial charge < -0.3 is 10.6 Å². The van der Waals surface area contributed by atoms with Gasteiger partial charge in [-0.25, -0.2) is 4.98 Å². The molecule has 6 heteroatoms. The summed E-state index contributed by atoms with van der Waals surface area (Å²) in [6.07, 6.45) is 1.50. The second kappa shape index (κ2) is 6.53. The van der Waals surface area contributed by atoms with Crippen molar-refractivity contribution in [2.45, 2.75) is 0 Å². The van der Waals surface area contributed by atoms with Crippen LogP contribution in [0.2, 0.25) is 0 Å². The van der Waals surface area contributed by atoms with Gasteiger partial charge >= 0.3 is 0 Å². The molecule has 1 amide bonds. The lowest BCUT2D eigenvalue weighted by molar-refractivity contribution is 0.0963. The Bertz CT molecular complexity index is 587. The SMILES string of the molecule is CNC(=O)c1cnc(Nc2ccccc2)c(NOC)c1. The molecule has 2 rings (SSSR count). The Hall–Kier alpha value is -2.60. The lowest BCUT2D eigenvalue weighted by atomic mass is 10.2. The molecule has 20 heavy (non-hydrogen) atoms. The highest BCUT2D eigenvalue weighted by Crippen LogP contribution is 2.24. The van der Waals surface area contributed by atoms with Gasteiger partial charge in [-0.05, 0) is 18.2 Å². The molecule has 0 bridgehead atoms. The minimum absolute atomic E-state index is 0.206. The lowest BCUT2D eigenvalue weighted by Crippen LogP contribution is -2.18. The van der Waals surface area contributed by atoms with E-state index in [1.54, 1.807) is 13.1 Å². The number of hydrogen-bond acceptors (Lipinski definition) is 5. The summed E-state index contributed by atoms with van der Waals surface area (Å²) in [5.74, 6) is 0.369. The number of benzene rings is 1. The molecule has 6 nitrogen and oxygen atoms in total. The van der Waals surface area contributed by atoms with E-state index in [0.29, 0.717) is 17.1 Å². The maximum atomic E-state index is 11.6. The van der Waals surface area contributed by atoms with E-state index >= 15 is 0 Å². The van der Waals surface area contributed by atoms with Gasteiger partial charge in [-0.2, -0.15) is 0 Å². The average molecular weight is 272 g/mol. The first kappa shape index (κ1) is 13.8. The summed E-state index contributed by atoms with van der Waals surface area (Å²) in [6, 6.07) is 11.3. The Kier molecular flexibility index (Phi) is 4.52. The number of nitrogens with zero attached hydrogens (tertiary/aromatic N) is 1. The molecule has 0 fully saturated rings. The van der Waals surface area contributed by atoms with Crippen molar-refractivity contribution in [2.24, 2.45) is 0 Å². The molecule has 1 heterocycles. The zero-order valence-electron chi connectivity index (χ0n) is 11.3. The van der Waals surface area contributed by atoms with Crippen LogP contribution in [0.1, 0.15) is 10.4 Å². The van der Waals surface area contributed by atoms with Gasteiger partial charge in [0.15, 0.2) is 5.82 Å². The molecule has 0 unspecified atom stereocenters. The predicted molar refractivity (Wildman–Crippen MR) is 78.0 cm³/mol. The number of anilines is 3. The molecule has 0 saturated heterocycles. The van der Waals surface area contributed by atoms with Crippen LogP contribution in [-0.2, 0) is 4.84 Å². The van der Waals surface area contributed by atoms with Crippen LogP contribution in [0.5, 0.6) is 0 Å². The average Bonchev–Trinajstić information content (AvgIpc) is 2.49. The summed E-state index contributed by atoms with van der Waals surface area (Å²) in [6.45, 7) is 0. The summed E-state index contributed by atoms with van der Waals surface area (Å²) >= 11 is 0. The van der Waals surface area contributed by atoms with Crippen LogP contribution < -0.4 is 16.1 Å². The van der Waals surface area contributed by atoms with Crippen molar-refractivity contribution < 1.29 is 9.63 Å². The number of carbonyl (C=O) groups is 1. The van der Waals surface area contributed by atoms with Crippen molar-refractivity contribution in [1.82, 2.24) is 10.3 Å². The first-order valence-electron chi connectivity index (χ1n) is 6.08. The van der Waals surface area contributed by atoms with E-state index in [2.05, 4.69) is 21.1 Å². The van der Waals surface area contributed by atoms with Crippen molar-refractivity contribution in [3.63, 3.8) is 0 Å². The zero-order chi connectivity index (χ0) is 14.4. The third-order valence-corrected chi connectivity index (χ3v) is 2.63. The first-order valence-corrected chi connectivity index (χ1v) is 6.08. The van der Waals surface area contributed by atoms with Crippen molar-refractivity contribution >= 4 is 23.1 Å². The molecule has 3 N–H and O–H groups in total. The van der Waals surface area contributed by atoms with Gasteiger partial charge in [-0.3, -0.25) is 15.1 Å². The highest BCUT2D eigenvalue weighted by Gasteiger charge is 2.10. The number of pyridine rings is 1. The third kappa shape index (κ3) is 3.24. The summed E-state index contributed by atoms with van der Waals surface area (Å²) in [7, 11) is 3.07. The van der Waals surface area contributed by atoms with Crippen LogP contribution in [0.3, 0.4) is 0 Å². The van der Waals surface area contributed by atoms with Gasteiger partial charge in [0, 0.05) is 18.9 Å². The zero-order valence-corrected chi connectivity index (χ0v) is 11.3. The van der Waals surface area contributed by atoms with Crippen LogP contribution in [0.4, 0.5) is 17.2 Å². The van der Waals surface area contributed by atoms with E-state index in [0.717, 1.165) is 5.69 Å². The van der Waals surface area contributed by atoms with E-state index in [-0.39, 0.29) is 5.91 Å². The lowest BCUT2D eigenvalue weighted by Gasteiger charge is -2.12. The van der Waals surface area contributed by atoms with Crippen LogP contribution in [0.15, 0.2) is 42.6 Å². The highest BCUT2D eigenvalue weighted by molar-refractivity contribution is 5.95.